The minimum absolute atomic E-state index is 0.0773. The Balaban J connectivity index is 2.71. The molecule has 0 bridgehead atoms. The number of carbonyl (C=O) groups is 2. The van der Waals surface area contributed by atoms with E-state index in [2.05, 4.69) is 20.8 Å². The molecule has 2 N–H and O–H groups in total. The topological polar surface area (TPSA) is 136 Å². The first kappa shape index (κ1) is 33.5. The van der Waals surface area contributed by atoms with Gasteiger partial charge in [0.1, 0.15) is 0 Å². The Morgan fingerprint density at radius 2 is 1.20 bits per heavy atom. The molecular weight excluding hydrogens is 555 g/mol. The van der Waals surface area contributed by atoms with Crippen molar-refractivity contribution >= 4 is 28.9 Å². The van der Waals surface area contributed by atoms with Crippen molar-refractivity contribution in [1.29, 1.82) is 0 Å². The number of hydrogen-bond acceptors (Lipinski definition) is 7. The first-order valence-electron chi connectivity index (χ1n) is 13.8. The molecule has 0 heterocycles. The Morgan fingerprint density at radius 3 is 1.60 bits per heavy atom. The second kappa shape index (κ2) is 15.4. The van der Waals surface area contributed by atoms with Crippen LogP contribution in [0.3, 0.4) is 0 Å². The van der Waals surface area contributed by atoms with Gasteiger partial charge < -0.3 is 0 Å². The third-order valence-electron chi connectivity index (χ3n) is 6.83. The van der Waals surface area contributed by atoms with Gasteiger partial charge in [-0.25, -0.2) is 0 Å². The molecular formula is C29H43O9PS. The third kappa shape index (κ3) is 10.1. The van der Waals surface area contributed by atoms with Crippen LogP contribution in [0.15, 0.2) is 53.4 Å². The van der Waals surface area contributed by atoms with Gasteiger partial charge in [-0.1, -0.05) is 0 Å². The van der Waals surface area contributed by atoms with Crippen LogP contribution in [0.25, 0.3) is 0 Å². The zero-order chi connectivity index (χ0) is 29.7. The van der Waals surface area contributed by atoms with Gasteiger partial charge in [0.05, 0.1) is 0 Å². The van der Waals surface area contributed by atoms with Crippen LogP contribution in [-0.2, 0) is 29.8 Å². The van der Waals surface area contributed by atoms with E-state index in [9.17, 15) is 18.0 Å². The van der Waals surface area contributed by atoms with Crippen LogP contribution in [0.5, 0.6) is 11.5 Å². The van der Waals surface area contributed by atoms with E-state index in [0.29, 0.717) is 24.6 Å². The summed E-state index contributed by atoms with van der Waals surface area (Å²) in [6, 6.07) is 13.5. The Bertz CT molecular complexity index is 1150. The Labute approximate surface area is 238 Å². The summed E-state index contributed by atoms with van der Waals surface area (Å²) in [5.41, 5.74) is 1.03. The fourth-order valence-corrected chi connectivity index (χ4v) is 14.7. The normalized spacial score (nSPS) is 12.8. The van der Waals surface area contributed by atoms with E-state index < -0.39 is 42.1 Å². The summed E-state index contributed by atoms with van der Waals surface area (Å²) in [5, 5.41) is 18.1. The van der Waals surface area contributed by atoms with Gasteiger partial charge in [-0.3, -0.25) is 0 Å². The molecule has 9 nitrogen and oxygen atoms in total. The van der Waals surface area contributed by atoms with Crippen molar-refractivity contribution < 1.29 is 41.7 Å². The van der Waals surface area contributed by atoms with Gasteiger partial charge in [0.2, 0.25) is 0 Å². The summed E-state index contributed by atoms with van der Waals surface area (Å²) >= 11 is 0. The number of unbranched alkanes of at least 4 members (excludes halogenated alkanes) is 3. The van der Waals surface area contributed by atoms with Crippen LogP contribution >= 0.6 is 6.83 Å². The predicted octanol–water partition coefficient (Wildman–Crippen LogP) is 6.39. The SMILES string of the molecule is CCCCP(CCCC)(CCCC)(Cc1ccccc1)OS(=O)(=O)c1cc(OCC(=O)O)cc(OCC(=O)O)c1. The van der Waals surface area contributed by atoms with E-state index in [1.165, 1.54) is 18.2 Å². The molecule has 2 rings (SSSR count). The molecule has 0 amide bonds. The Hall–Kier alpha value is -2.68. The van der Waals surface area contributed by atoms with Crippen molar-refractivity contribution in [2.24, 2.45) is 0 Å². The third-order valence-corrected chi connectivity index (χ3v) is 15.6. The first-order valence-corrected chi connectivity index (χ1v) is 18.1. The maximum atomic E-state index is 14.2. The number of carboxylic acid groups (broad SMARTS) is 2. The van der Waals surface area contributed by atoms with Crippen LogP contribution in [0.1, 0.15) is 64.9 Å². The molecule has 0 radical (unpaired) electrons. The van der Waals surface area contributed by atoms with Gasteiger partial charge in [0.15, 0.2) is 0 Å². The van der Waals surface area contributed by atoms with Crippen LogP contribution in [0.2, 0.25) is 0 Å². The molecule has 0 aliphatic heterocycles. The van der Waals surface area contributed by atoms with Crippen molar-refractivity contribution in [1.82, 2.24) is 0 Å². The molecule has 0 fully saturated rings. The predicted molar refractivity (Wildman–Crippen MR) is 157 cm³/mol. The summed E-state index contributed by atoms with van der Waals surface area (Å²) in [7, 11) is -4.41. The van der Waals surface area contributed by atoms with E-state index in [-0.39, 0.29) is 16.4 Å². The summed E-state index contributed by atoms with van der Waals surface area (Å²) in [6.07, 6.45) is 7.64. The van der Waals surface area contributed by atoms with Crippen molar-refractivity contribution in [3.05, 3.63) is 54.1 Å². The monoisotopic (exact) mass is 598 g/mol. The summed E-state index contributed by atoms with van der Waals surface area (Å²) in [5.74, 6) is -2.65. The van der Waals surface area contributed by atoms with Crippen molar-refractivity contribution in [3.63, 3.8) is 0 Å². The van der Waals surface area contributed by atoms with E-state index >= 15 is 0 Å². The number of rotatable bonds is 20. The maximum absolute atomic E-state index is 14.2. The quantitative estimate of drug-likeness (QED) is 0.166. The zero-order valence-electron chi connectivity index (χ0n) is 23.7. The molecule has 11 heteroatoms. The zero-order valence-corrected chi connectivity index (χ0v) is 25.4. The van der Waals surface area contributed by atoms with E-state index in [1.807, 2.05) is 30.3 Å². The number of carboxylic acids is 2. The number of hydrogen-bond donors (Lipinski definition) is 2. The molecule has 0 saturated carbocycles. The van der Waals surface area contributed by atoms with Gasteiger partial charge in [0.25, 0.3) is 0 Å². The van der Waals surface area contributed by atoms with E-state index in [4.69, 9.17) is 23.7 Å². The molecule has 0 aromatic heterocycles. The number of ether oxygens (including phenoxy) is 2. The fourth-order valence-electron chi connectivity index (χ4n) is 4.90. The van der Waals surface area contributed by atoms with Gasteiger partial charge >= 0.3 is 238 Å². The molecule has 2 aromatic rings. The molecule has 0 aliphatic rings. The summed E-state index contributed by atoms with van der Waals surface area (Å²) in [6.45, 7) is 1.38. The van der Waals surface area contributed by atoms with Gasteiger partial charge in [0, 0.05) is 0 Å². The van der Waals surface area contributed by atoms with Gasteiger partial charge in [-0.05, 0) is 0 Å². The van der Waals surface area contributed by atoms with Crippen LogP contribution in [0, 0.1) is 0 Å². The Morgan fingerprint density at radius 1 is 0.750 bits per heavy atom. The minimum atomic E-state index is -4.41. The summed E-state index contributed by atoms with van der Waals surface area (Å²) in [4.78, 5) is 21.9. The van der Waals surface area contributed by atoms with Crippen molar-refractivity contribution in [3.8, 4) is 11.5 Å². The molecule has 224 valence electrons. The van der Waals surface area contributed by atoms with Crippen LogP contribution < -0.4 is 9.47 Å². The second-order valence-electron chi connectivity index (χ2n) is 10.3. The van der Waals surface area contributed by atoms with Crippen LogP contribution in [0.4, 0.5) is 0 Å². The average Bonchev–Trinajstić information content (AvgIpc) is 2.92. The van der Waals surface area contributed by atoms with E-state index in [1.54, 1.807) is 0 Å². The van der Waals surface area contributed by atoms with Crippen molar-refractivity contribution in [2.45, 2.75) is 70.4 Å². The number of aliphatic carboxylic acids is 2. The molecule has 0 unspecified atom stereocenters. The van der Waals surface area contributed by atoms with Crippen LogP contribution in [-0.4, -0.2) is 62.3 Å². The molecule has 0 spiro atoms. The van der Waals surface area contributed by atoms with Gasteiger partial charge in [-0.2, -0.15) is 0 Å². The average molecular weight is 599 g/mol. The molecule has 0 saturated heterocycles. The standard InChI is InChI=1S/C29H43O9PS/c1-4-7-15-39(16-8-5-2,17-9-6-3,23-24-13-11-10-12-14-24)38-40(34,35)27-19-25(36-21-28(30)31)18-26(20-27)37-22-29(32)33/h10-14,18-20H,4-9,15-17,21-23H2,1-3H3,(H,30,31)(H,32,33). The first-order chi connectivity index (χ1) is 19.0. The molecule has 0 atom stereocenters. The second-order valence-corrected chi connectivity index (χ2v) is 17.6. The number of benzene rings is 2. The van der Waals surface area contributed by atoms with E-state index in [0.717, 1.165) is 44.1 Å². The molecule has 0 aliphatic carbocycles. The van der Waals surface area contributed by atoms with Crippen molar-refractivity contribution in [2.75, 3.05) is 31.7 Å². The van der Waals surface area contributed by atoms with Gasteiger partial charge in [-0.15, -0.1) is 0 Å². The molecule has 40 heavy (non-hydrogen) atoms. The Kier molecular flexibility index (Phi) is 12.9. The fraction of sp³-hybridized carbons (Fsp3) is 0.517. The summed E-state index contributed by atoms with van der Waals surface area (Å²) < 4.78 is 45.5. The molecule has 2 aromatic carbocycles.